The van der Waals surface area contributed by atoms with Crippen molar-refractivity contribution in [2.45, 2.75) is 117 Å². The normalized spacial score (nSPS) is 19.8. The third-order valence-corrected chi connectivity index (χ3v) is 5.53. The second-order valence-corrected chi connectivity index (χ2v) is 13.3. The van der Waals surface area contributed by atoms with E-state index in [9.17, 15) is 14.4 Å². The molecule has 1 saturated heterocycles. The van der Waals surface area contributed by atoms with Gasteiger partial charge in [-0.2, -0.15) is 11.8 Å². The Morgan fingerprint density at radius 2 is 1.50 bits per heavy atom. The predicted molar refractivity (Wildman–Crippen MR) is 139 cm³/mol. The number of carbonyl (C=O) groups is 3. The summed E-state index contributed by atoms with van der Waals surface area (Å²) in [5.41, 5.74) is -2.02. The Balaban J connectivity index is 2.94. The van der Waals surface area contributed by atoms with Crippen LogP contribution in [0.5, 0.6) is 0 Å². The first-order valence-electron chi connectivity index (χ1n) is 12.2. The van der Waals surface area contributed by atoms with Gasteiger partial charge >= 0.3 is 12.1 Å². The number of thioether (sulfide) groups is 1. The van der Waals surface area contributed by atoms with Gasteiger partial charge in [-0.15, -0.1) is 0 Å². The van der Waals surface area contributed by atoms with Crippen LogP contribution in [0.25, 0.3) is 0 Å². The molecule has 1 heterocycles. The van der Waals surface area contributed by atoms with E-state index in [2.05, 4.69) is 10.6 Å². The molecule has 0 aromatic carbocycles. The molecule has 3 atom stereocenters. The SMILES string of the molecule is CC(C)(C)OC[C@H](NC(=O)[C@H](CSC[C@H]1COC(C)(C)O1)NC(=O)OC(C)(C)C)C(=O)OC(C)(C)C. The summed E-state index contributed by atoms with van der Waals surface area (Å²) in [6.07, 6.45) is -0.866. The Kier molecular flexibility index (Phi) is 11.5. The zero-order valence-corrected chi connectivity index (χ0v) is 24.6. The molecule has 10 nitrogen and oxygen atoms in total. The predicted octanol–water partition coefficient (Wildman–Crippen LogP) is 3.41. The molecule has 0 bridgehead atoms. The quantitative estimate of drug-likeness (QED) is 0.406. The van der Waals surface area contributed by atoms with E-state index in [1.165, 1.54) is 11.8 Å². The smallest absolute Gasteiger partial charge is 0.408 e. The summed E-state index contributed by atoms with van der Waals surface area (Å²) in [7, 11) is 0. The van der Waals surface area contributed by atoms with Gasteiger partial charge in [0.2, 0.25) is 5.91 Å². The Morgan fingerprint density at radius 3 is 1.97 bits per heavy atom. The average Bonchev–Trinajstić information content (AvgIpc) is 2.99. The zero-order chi connectivity index (χ0) is 27.9. The fourth-order valence-electron chi connectivity index (χ4n) is 2.94. The summed E-state index contributed by atoms with van der Waals surface area (Å²) >= 11 is 1.43. The van der Waals surface area contributed by atoms with Gasteiger partial charge in [-0.3, -0.25) is 4.79 Å². The zero-order valence-electron chi connectivity index (χ0n) is 23.7. The minimum atomic E-state index is -1.06. The van der Waals surface area contributed by atoms with E-state index >= 15 is 0 Å². The van der Waals surface area contributed by atoms with Gasteiger partial charge in [0, 0.05) is 11.5 Å². The molecule has 2 N–H and O–H groups in total. The van der Waals surface area contributed by atoms with Gasteiger partial charge in [0.15, 0.2) is 11.8 Å². The molecule has 1 fully saturated rings. The van der Waals surface area contributed by atoms with Crippen LogP contribution in [0.15, 0.2) is 0 Å². The van der Waals surface area contributed by atoms with Crippen molar-refractivity contribution in [3.8, 4) is 0 Å². The molecule has 210 valence electrons. The molecule has 0 spiro atoms. The summed E-state index contributed by atoms with van der Waals surface area (Å²) in [5, 5.41) is 5.31. The van der Waals surface area contributed by atoms with Gasteiger partial charge in [-0.25, -0.2) is 9.59 Å². The van der Waals surface area contributed by atoms with Gasteiger partial charge in [0.1, 0.15) is 17.2 Å². The van der Waals surface area contributed by atoms with Crippen LogP contribution in [0.4, 0.5) is 4.79 Å². The minimum Gasteiger partial charge on any atom is -0.458 e. The summed E-state index contributed by atoms with van der Waals surface area (Å²) < 4.78 is 28.0. The number of amides is 2. The van der Waals surface area contributed by atoms with Crippen molar-refractivity contribution in [3.63, 3.8) is 0 Å². The van der Waals surface area contributed by atoms with E-state index in [0.29, 0.717) is 12.4 Å². The van der Waals surface area contributed by atoms with Crippen molar-refractivity contribution in [1.82, 2.24) is 10.6 Å². The van der Waals surface area contributed by atoms with Crippen LogP contribution in [0, 0.1) is 0 Å². The summed E-state index contributed by atoms with van der Waals surface area (Å²) in [6.45, 7) is 20.0. The molecule has 0 aromatic rings. The van der Waals surface area contributed by atoms with Gasteiger partial charge in [-0.05, 0) is 76.2 Å². The van der Waals surface area contributed by atoms with Crippen molar-refractivity contribution in [3.05, 3.63) is 0 Å². The average molecular weight is 535 g/mol. The lowest BCUT2D eigenvalue weighted by Gasteiger charge is -2.29. The highest BCUT2D eigenvalue weighted by molar-refractivity contribution is 7.99. The molecular formula is C25H46N2O8S. The second kappa shape index (κ2) is 12.8. The first-order valence-corrected chi connectivity index (χ1v) is 13.4. The van der Waals surface area contributed by atoms with Crippen molar-refractivity contribution < 1.29 is 38.1 Å². The summed E-state index contributed by atoms with van der Waals surface area (Å²) in [4.78, 5) is 38.6. The Bertz CT molecular complexity index is 753. The number of carbonyl (C=O) groups excluding carboxylic acids is 3. The van der Waals surface area contributed by atoms with Crippen LogP contribution in [-0.4, -0.2) is 83.5 Å². The van der Waals surface area contributed by atoms with Crippen LogP contribution >= 0.6 is 11.8 Å². The van der Waals surface area contributed by atoms with Crippen molar-refractivity contribution in [1.29, 1.82) is 0 Å². The molecule has 36 heavy (non-hydrogen) atoms. The maximum absolute atomic E-state index is 13.3. The fraction of sp³-hybridized carbons (Fsp3) is 0.880. The molecule has 0 aliphatic carbocycles. The Morgan fingerprint density at radius 1 is 0.917 bits per heavy atom. The van der Waals surface area contributed by atoms with Crippen molar-refractivity contribution >= 4 is 29.7 Å². The summed E-state index contributed by atoms with van der Waals surface area (Å²) in [6, 6.07) is -2.03. The second-order valence-electron chi connectivity index (χ2n) is 12.2. The maximum atomic E-state index is 13.3. The molecule has 11 heteroatoms. The molecule has 0 saturated carbocycles. The van der Waals surface area contributed by atoms with E-state index < -0.39 is 52.6 Å². The largest absolute Gasteiger partial charge is 0.458 e. The summed E-state index contributed by atoms with van der Waals surface area (Å²) in [5.74, 6) is -1.03. The van der Waals surface area contributed by atoms with E-state index in [1.807, 2.05) is 34.6 Å². The van der Waals surface area contributed by atoms with Gasteiger partial charge in [0.05, 0.1) is 24.9 Å². The lowest BCUT2D eigenvalue weighted by Crippen LogP contribution is -2.55. The van der Waals surface area contributed by atoms with E-state index in [1.54, 1.807) is 41.5 Å². The highest BCUT2D eigenvalue weighted by atomic mass is 32.2. The third kappa shape index (κ3) is 14.2. The van der Waals surface area contributed by atoms with Crippen LogP contribution in [0.2, 0.25) is 0 Å². The van der Waals surface area contributed by atoms with Crippen LogP contribution in [0.3, 0.4) is 0 Å². The Labute approximate surface area is 220 Å². The highest BCUT2D eigenvalue weighted by Gasteiger charge is 2.34. The third-order valence-electron chi connectivity index (χ3n) is 4.35. The number of hydrogen-bond donors (Lipinski definition) is 2. The van der Waals surface area contributed by atoms with E-state index in [0.717, 1.165) is 0 Å². The van der Waals surface area contributed by atoms with Gasteiger partial charge in [-0.1, -0.05) is 0 Å². The van der Waals surface area contributed by atoms with Crippen LogP contribution < -0.4 is 10.6 Å². The van der Waals surface area contributed by atoms with E-state index in [4.69, 9.17) is 23.7 Å². The number of nitrogens with one attached hydrogen (secondary N) is 2. The molecule has 0 unspecified atom stereocenters. The Hall–Kier alpha value is -1.56. The maximum Gasteiger partial charge on any atom is 0.408 e. The first kappa shape index (κ1) is 32.5. The molecule has 2 amide bonds. The minimum absolute atomic E-state index is 0.0845. The number of alkyl carbamates (subject to hydrolysis) is 1. The monoisotopic (exact) mass is 534 g/mol. The van der Waals surface area contributed by atoms with Crippen LogP contribution in [-0.2, 0) is 33.3 Å². The van der Waals surface area contributed by atoms with Gasteiger partial charge in [0.25, 0.3) is 0 Å². The molecule has 0 radical (unpaired) electrons. The standard InChI is InChI=1S/C25H46N2O8S/c1-22(2,3)31-13-17(20(29)34-23(4,5)6)26-19(28)18(27-21(30)35-24(7,8)9)15-36-14-16-12-32-25(10,11)33-16/h16-18H,12-15H2,1-11H3,(H,26,28)(H,27,30)/t16-,17+,18+/m1/s1. The van der Waals surface area contributed by atoms with Crippen LogP contribution in [0.1, 0.15) is 76.2 Å². The fourth-order valence-corrected chi connectivity index (χ4v) is 3.98. The topological polar surface area (TPSA) is 121 Å². The molecule has 1 aliphatic rings. The highest BCUT2D eigenvalue weighted by Crippen LogP contribution is 2.24. The van der Waals surface area contributed by atoms with Crippen molar-refractivity contribution in [2.75, 3.05) is 24.7 Å². The number of hydrogen-bond acceptors (Lipinski definition) is 9. The molecular weight excluding hydrogens is 488 g/mol. The number of ether oxygens (including phenoxy) is 5. The first-order chi connectivity index (χ1) is 16.2. The lowest BCUT2D eigenvalue weighted by atomic mass is 10.1. The van der Waals surface area contributed by atoms with Gasteiger partial charge < -0.3 is 34.3 Å². The number of rotatable bonds is 10. The van der Waals surface area contributed by atoms with E-state index in [-0.39, 0.29) is 18.5 Å². The van der Waals surface area contributed by atoms with Crippen molar-refractivity contribution in [2.24, 2.45) is 0 Å². The molecule has 0 aromatic heterocycles. The molecule has 1 rings (SSSR count). The number of esters is 1. The molecule has 1 aliphatic heterocycles. The lowest BCUT2D eigenvalue weighted by molar-refractivity contribution is -0.162.